The molecule has 2 rings (SSSR count). The number of aliphatic hydroxyl groups is 1. The summed E-state index contributed by atoms with van der Waals surface area (Å²) in [4.78, 5) is 25.2. The van der Waals surface area contributed by atoms with E-state index < -0.39 is 0 Å². The third-order valence-electron chi connectivity index (χ3n) is 4.13. The van der Waals surface area contributed by atoms with Crippen molar-refractivity contribution < 1.29 is 14.7 Å². The smallest absolute Gasteiger partial charge is 0.229 e. The standard InChI is InChI=1S/C13H21NO3/c15-10-13(7-3-4-8-13)9-14-11(16)5-1-2-6-12(14)17/h15H,1-10H2. The monoisotopic (exact) mass is 239 g/mol. The number of hydrogen-bond acceptors (Lipinski definition) is 3. The maximum Gasteiger partial charge on any atom is 0.229 e. The van der Waals surface area contributed by atoms with Crippen LogP contribution in [0, 0.1) is 5.41 Å². The van der Waals surface area contributed by atoms with Crippen molar-refractivity contribution in [3.8, 4) is 0 Å². The average Bonchev–Trinajstić information content (AvgIpc) is 2.74. The Labute approximate surface area is 102 Å². The molecular formula is C13H21NO3. The van der Waals surface area contributed by atoms with Crippen LogP contribution in [-0.4, -0.2) is 35.0 Å². The lowest BCUT2D eigenvalue weighted by molar-refractivity contribution is -0.146. The third kappa shape index (κ3) is 2.68. The molecule has 2 aliphatic rings. The van der Waals surface area contributed by atoms with E-state index in [1.54, 1.807) is 0 Å². The SMILES string of the molecule is O=C1CCCCC(=O)N1CC1(CO)CCCC1. The molecular weight excluding hydrogens is 218 g/mol. The zero-order valence-electron chi connectivity index (χ0n) is 10.3. The average molecular weight is 239 g/mol. The Morgan fingerprint density at radius 1 is 1.00 bits per heavy atom. The fourth-order valence-electron chi connectivity index (χ4n) is 2.96. The predicted octanol–water partition coefficient (Wildman–Crippen LogP) is 1.47. The second-order valence-electron chi connectivity index (χ2n) is 5.45. The van der Waals surface area contributed by atoms with Crippen molar-refractivity contribution in [3.63, 3.8) is 0 Å². The summed E-state index contributed by atoms with van der Waals surface area (Å²) in [5.74, 6) is -0.0977. The number of nitrogens with zero attached hydrogens (tertiary/aromatic N) is 1. The molecule has 0 spiro atoms. The van der Waals surface area contributed by atoms with Crippen LogP contribution in [0.2, 0.25) is 0 Å². The Bertz CT molecular complexity index is 290. The minimum atomic E-state index is -0.213. The van der Waals surface area contributed by atoms with Crippen LogP contribution in [0.15, 0.2) is 0 Å². The molecule has 96 valence electrons. The summed E-state index contributed by atoms with van der Waals surface area (Å²) in [7, 11) is 0. The van der Waals surface area contributed by atoms with Crippen molar-refractivity contribution >= 4 is 11.8 Å². The highest BCUT2D eigenvalue weighted by Gasteiger charge is 2.38. The topological polar surface area (TPSA) is 57.6 Å². The van der Waals surface area contributed by atoms with Crippen molar-refractivity contribution in [1.82, 2.24) is 4.90 Å². The first-order valence-corrected chi connectivity index (χ1v) is 6.61. The van der Waals surface area contributed by atoms with E-state index >= 15 is 0 Å². The normalized spacial score (nSPS) is 25.1. The Kier molecular flexibility index (Phi) is 3.82. The van der Waals surface area contributed by atoms with Gasteiger partial charge in [0, 0.05) is 24.8 Å². The second kappa shape index (κ2) is 5.17. The summed E-state index contributed by atoms with van der Waals surface area (Å²) in [6.07, 6.45) is 6.63. The van der Waals surface area contributed by atoms with Crippen LogP contribution in [0.25, 0.3) is 0 Å². The van der Waals surface area contributed by atoms with Crippen molar-refractivity contribution in [1.29, 1.82) is 0 Å². The molecule has 2 amide bonds. The number of rotatable bonds is 3. The van der Waals surface area contributed by atoms with Crippen LogP contribution >= 0.6 is 0 Å². The first-order valence-electron chi connectivity index (χ1n) is 6.61. The fraction of sp³-hybridized carbons (Fsp3) is 0.846. The number of aliphatic hydroxyl groups excluding tert-OH is 1. The van der Waals surface area contributed by atoms with Gasteiger partial charge in [-0.05, 0) is 25.7 Å². The summed E-state index contributed by atoms with van der Waals surface area (Å²) in [6.45, 7) is 0.519. The predicted molar refractivity (Wildman–Crippen MR) is 63.2 cm³/mol. The highest BCUT2D eigenvalue weighted by atomic mass is 16.3. The quantitative estimate of drug-likeness (QED) is 0.759. The first kappa shape index (κ1) is 12.6. The third-order valence-corrected chi connectivity index (χ3v) is 4.13. The minimum Gasteiger partial charge on any atom is -0.396 e. The van der Waals surface area contributed by atoms with E-state index in [4.69, 9.17) is 0 Å². The Morgan fingerprint density at radius 2 is 1.53 bits per heavy atom. The highest BCUT2D eigenvalue weighted by Crippen LogP contribution is 2.38. The molecule has 2 fully saturated rings. The van der Waals surface area contributed by atoms with E-state index in [-0.39, 0.29) is 23.8 Å². The van der Waals surface area contributed by atoms with Crippen molar-refractivity contribution in [2.24, 2.45) is 5.41 Å². The van der Waals surface area contributed by atoms with Gasteiger partial charge in [0.15, 0.2) is 0 Å². The molecule has 17 heavy (non-hydrogen) atoms. The molecule has 0 radical (unpaired) electrons. The molecule has 1 aliphatic carbocycles. The summed E-state index contributed by atoms with van der Waals surface area (Å²) < 4.78 is 0. The van der Waals surface area contributed by atoms with Crippen LogP contribution in [0.5, 0.6) is 0 Å². The van der Waals surface area contributed by atoms with E-state index in [0.29, 0.717) is 19.4 Å². The van der Waals surface area contributed by atoms with E-state index in [2.05, 4.69) is 0 Å². The van der Waals surface area contributed by atoms with Gasteiger partial charge < -0.3 is 5.11 Å². The maximum atomic E-state index is 11.9. The highest BCUT2D eigenvalue weighted by molar-refractivity contribution is 5.96. The van der Waals surface area contributed by atoms with Gasteiger partial charge >= 0.3 is 0 Å². The molecule has 0 bridgehead atoms. The Balaban J connectivity index is 2.08. The largest absolute Gasteiger partial charge is 0.396 e. The van der Waals surface area contributed by atoms with Gasteiger partial charge in [0.05, 0.1) is 6.61 Å². The van der Waals surface area contributed by atoms with Crippen molar-refractivity contribution in [3.05, 3.63) is 0 Å². The van der Waals surface area contributed by atoms with Gasteiger partial charge in [-0.15, -0.1) is 0 Å². The molecule has 0 aromatic carbocycles. The lowest BCUT2D eigenvalue weighted by Crippen LogP contribution is -2.44. The summed E-state index contributed by atoms with van der Waals surface area (Å²) in [6, 6.07) is 0. The second-order valence-corrected chi connectivity index (χ2v) is 5.45. The van der Waals surface area contributed by atoms with Crippen LogP contribution in [-0.2, 0) is 9.59 Å². The van der Waals surface area contributed by atoms with E-state index in [1.165, 1.54) is 4.90 Å². The lowest BCUT2D eigenvalue weighted by Gasteiger charge is -2.32. The molecule has 0 unspecified atom stereocenters. The Morgan fingerprint density at radius 3 is 2.00 bits per heavy atom. The number of amides is 2. The zero-order chi connectivity index (χ0) is 12.3. The maximum absolute atomic E-state index is 11.9. The molecule has 1 aliphatic heterocycles. The molecule has 4 heteroatoms. The van der Waals surface area contributed by atoms with Gasteiger partial charge in [0.1, 0.15) is 0 Å². The van der Waals surface area contributed by atoms with Gasteiger partial charge in [-0.1, -0.05) is 12.8 Å². The van der Waals surface area contributed by atoms with E-state index in [9.17, 15) is 14.7 Å². The van der Waals surface area contributed by atoms with E-state index in [1.807, 2.05) is 0 Å². The van der Waals surface area contributed by atoms with Gasteiger partial charge in [0.2, 0.25) is 11.8 Å². The van der Waals surface area contributed by atoms with E-state index in [0.717, 1.165) is 38.5 Å². The van der Waals surface area contributed by atoms with Crippen LogP contribution in [0.3, 0.4) is 0 Å². The molecule has 1 saturated carbocycles. The molecule has 4 nitrogen and oxygen atoms in total. The number of carbonyl (C=O) groups is 2. The summed E-state index contributed by atoms with van der Waals surface area (Å²) >= 11 is 0. The lowest BCUT2D eigenvalue weighted by atomic mass is 9.86. The number of imide groups is 1. The van der Waals surface area contributed by atoms with Crippen LogP contribution in [0.4, 0.5) is 0 Å². The molecule has 0 aromatic rings. The van der Waals surface area contributed by atoms with Crippen molar-refractivity contribution in [2.45, 2.75) is 51.4 Å². The number of hydrogen-bond donors (Lipinski definition) is 1. The van der Waals surface area contributed by atoms with Gasteiger partial charge in [-0.25, -0.2) is 0 Å². The first-order chi connectivity index (χ1) is 8.17. The Hall–Kier alpha value is -0.900. The summed E-state index contributed by atoms with van der Waals surface area (Å²) in [5, 5.41) is 9.54. The van der Waals surface area contributed by atoms with Gasteiger partial charge in [0.25, 0.3) is 0 Å². The molecule has 0 atom stereocenters. The van der Waals surface area contributed by atoms with Gasteiger partial charge in [-0.3, -0.25) is 14.5 Å². The molecule has 1 N–H and O–H groups in total. The molecule has 1 heterocycles. The molecule has 1 saturated heterocycles. The van der Waals surface area contributed by atoms with Crippen molar-refractivity contribution in [2.75, 3.05) is 13.2 Å². The van der Waals surface area contributed by atoms with Crippen LogP contribution in [0.1, 0.15) is 51.4 Å². The minimum absolute atomic E-state index is 0.0489. The molecule has 0 aromatic heterocycles. The number of carbonyl (C=O) groups excluding carboxylic acids is 2. The van der Waals surface area contributed by atoms with Crippen LogP contribution < -0.4 is 0 Å². The van der Waals surface area contributed by atoms with Gasteiger partial charge in [-0.2, -0.15) is 0 Å². The summed E-state index contributed by atoms with van der Waals surface area (Å²) in [5.41, 5.74) is -0.213. The zero-order valence-corrected chi connectivity index (χ0v) is 10.3. The number of likely N-dealkylation sites (tertiary alicyclic amines) is 1. The fourth-order valence-corrected chi connectivity index (χ4v) is 2.96.